The molecule has 0 unspecified atom stereocenters. The van der Waals surface area contributed by atoms with Crippen LogP contribution in [0.25, 0.3) is 0 Å². The van der Waals surface area contributed by atoms with Crippen LogP contribution < -0.4 is 0 Å². The number of benzene rings is 1. The van der Waals surface area contributed by atoms with Crippen LogP contribution in [0.2, 0.25) is 0 Å². The molecule has 0 heterocycles. The molecule has 0 radical (unpaired) electrons. The van der Waals surface area contributed by atoms with Crippen LogP contribution >= 0.6 is 0 Å². The first-order chi connectivity index (χ1) is 7.07. The molecule has 0 aliphatic carbocycles. The zero-order valence-electron chi connectivity index (χ0n) is 8.19. The molecule has 0 aliphatic rings. The van der Waals surface area contributed by atoms with Crippen molar-refractivity contribution in [2.75, 3.05) is 0 Å². The molecule has 0 saturated heterocycles. The smallest absolute Gasteiger partial charge is 0.336 e. The molecule has 0 saturated carbocycles. The lowest BCUT2D eigenvalue weighted by molar-refractivity contribution is -0.114. The number of hydrogen-bond donors (Lipinski definition) is 1. The van der Waals surface area contributed by atoms with Gasteiger partial charge in [0, 0.05) is 12.0 Å². The molecule has 1 aromatic rings. The van der Waals surface area contributed by atoms with E-state index in [-0.39, 0.29) is 17.5 Å². The first kappa shape index (κ1) is 11.1. The Bertz CT molecular complexity index is 420. The lowest BCUT2D eigenvalue weighted by Gasteiger charge is -2.02. The Labute approximate surface area is 86.5 Å². The number of hydrogen-bond acceptors (Lipinski definition) is 3. The van der Waals surface area contributed by atoms with Crippen LogP contribution in [-0.4, -0.2) is 22.6 Å². The van der Waals surface area contributed by atoms with Crippen molar-refractivity contribution >= 4 is 17.5 Å². The number of ketones is 2. The fourth-order valence-electron chi connectivity index (χ4n) is 1.18. The van der Waals surface area contributed by atoms with E-state index in [9.17, 15) is 14.4 Å². The van der Waals surface area contributed by atoms with E-state index >= 15 is 0 Å². The number of carboxylic acid groups (broad SMARTS) is 1. The summed E-state index contributed by atoms with van der Waals surface area (Å²) < 4.78 is 0. The number of carboxylic acids is 1. The van der Waals surface area contributed by atoms with Gasteiger partial charge >= 0.3 is 5.97 Å². The van der Waals surface area contributed by atoms with E-state index in [4.69, 9.17) is 5.11 Å². The highest BCUT2D eigenvalue weighted by atomic mass is 16.4. The van der Waals surface area contributed by atoms with Crippen LogP contribution in [0.15, 0.2) is 24.3 Å². The van der Waals surface area contributed by atoms with Gasteiger partial charge in [0.15, 0.2) is 0 Å². The third-order valence-electron chi connectivity index (χ3n) is 1.98. The van der Waals surface area contributed by atoms with Crippen molar-refractivity contribution in [2.45, 2.75) is 13.3 Å². The highest BCUT2D eigenvalue weighted by Crippen LogP contribution is 2.10. The Kier molecular flexibility index (Phi) is 3.33. The van der Waals surface area contributed by atoms with Gasteiger partial charge in [0.25, 0.3) is 0 Å². The van der Waals surface area contributed by atoms with E-state index in [1.165, 1.54) is 24.3 Å². The summed E-state index contributed by atoms with van der Waals surface area (Å²) in [6.07, 6.45) is 0.0762. The summed E-state index contributed by atoms with van der Waals surface area (Å²) >= 11 is 0. The molecule has 4 nitrogen and oxygen atoms in total. The molecular weight excluding hydrogens is 196 g/mol. The first-order valence-corrected chi connectivity index (χ1v) is 4.47. The molecular formula is C11H10O4. The maximum absolute atomic E-state index is 11.5. The van der Waals surface area contributed by atoms with E-state index in [0.717, 1.165) is 0 Å². The summed E-state index contributed by atoms with van der Waals surface area (Å²) in [7, 11) is 0. The fourth-order valence-corrected chi connectivity index (χ4v) is 1.18. The zero-order chi connectivity index (χ0) is 11.4. The number of carbonyl (C=O) groups excluding carboxylic acids is 2. The molecule has 4 heteroatoms. The zero-order valence-corrected chi connectivity index (χ0v) is 8.19. The van der Waals surface area contributed by atoms with Crippen molar-refractivity contribution < 1.29 is 19.5 Å². The monoisotopic (exact) mass is 206 g/mol. The van der Waals surface area contributed by atoms with E-state index in [0.29, 0.717) is 0 Å². The molecule has 1 rings (SSSR count). The van der Waals surface area contributed by atoms with E-state index in [2.05, 4.69) is 0 Å². The summed E-state index contributed by atoms with van der Waals surface area (Å²) in [5.74, 6) is -2.53. The minimum Gasteiger partial charge on any atom is -0.478 e. The third kappa shape index (κ3) is 2.28. The van der Waals surface area contributed by atoms with Crippen molar-refractivity contribution in [3.63, 3.8) is 0 Å². The quantitative estimate of drug-likeness (QED) is 0.599. The fraction of sp³-hybridized carbons (Fsp3) is 0.182. The van der Waals surface area contributed by atoms with Crippen LogP contribution in [-0.2, 0) is 4.79 Å². The SMILES string of the molecule is CCC(=O)C(=O)c1ccccc1C(=O)O. The highest BCUT2D eigenvalue weighted by Gasteiger charge is 2.20. The van der Waals surface area contributed by atoms with Crippen molar-refractivity contribution in [1.82, 2.24) is 0 Å². The number of rotatable bonds is 4. The lowest BCUT2D eigenvalue weighted by atomic mass is 10.0. The molecule has 0 atom stereocenters. The van der Waals surface area contributed by atoms with E-state index < -0.39 is 17.5 Å². The van der Waals surface area contributed by atoms with Crippen molar-refractivity contribution in [3.8, 4) is 0 Å². The van der Waals surface area contributed by atoms with Crippen molar-refractivity contribution in [3.05, 3.63) is 35.4 Å². The van der Waals surface area contributed by atoms with Crippen molar-refractivity contribution in [1.29, 1.82) is 0 Å². The van der Waals surface area contributed by atoms with Gasteiger partial charge in [-0.3, -0.25) is 9.59 Å². The van der Waals surface area contributed by atoms with Gasteiger partial charge in [-0.15, -0.1) is 0 Å². The summed E-state index contributed by atoms with van der Waals surface area (Å²) in [5, 5.41) is 8.81. The predicted molar refractivity (Wildman–Crippen MR) is 53.0 cm³/mol. The summed E-state index contributed by atoms with van der Waals surface area (Å²) in [4.78, 5) is 33.4. The maximum atomic E-state index is 11.5. The van der Waals surface area contributed by atoms with Crippen LogP contribution in [0, 0.1) is 0 Å². The number of Topliss-reactive ketones (excluding diaryl/α,β-unsaturated/α-hetero) is 2. The molecule has 0 fully saturated rings. The molecule has 15 heavy (non-hydrogen) atoms. The second-order valence-corrected chi connectivity index (χ2v) is 2.96. The molecule has 0 spiro atoms. The molecule has 1 aromatic carbocycles. The molecule has 0 aromatic heterocycles. The summed E-state index contributed by atoms with van der Waals surface area (Å²) in [6.45, 7) is 1.56. The van der Waals surface area contributed by atoms with Gasteiger partial charge in [0.05, 0.1) is 5.56 Å². The maximum Gasteiger partial charge on any atom is 0.336 e. The second kappa shape index (κ2) is 4.50. The second-order valence-electron chi connectivity index (χ2n) is 2.96. The van der Waals surface area contributed by atoms with Gasteiger partial charge in [0.1, 0.15) is 0 Å². The standard InChI is InChI=1S/C11H10O4/c1-2-9(12)10(13)7-5-3-4-6-8(7)11(14)15/h3-6H,2H2,1H3,(H,14,15). The average molecular weight is 206 g/mol. The molecule has 0 aliphatic heterocycles. The van der Waals surface area contributed by atoms with E-state index in [1.54, 1.807) is 6.92 Å². The van der Waals surface area contributed by atoms with E-state index in [1.807, 2.05) is 0 Å². The van der Waals surface area contributed by atoms with Crippen molar-refractivity contribution in [2.24, 2.45) is 0 Å². The van der Waals surface area contributed by atoms with Gasteiger partial charge in [-0.1, -0.05) is 25.1 Å². The first-order valence-electron chi connectivity index (χ1n) is 4.47. The Morgan fingerprint density at radius 3 is 2.13 bits per heavy atom. The van der Waals surface area contributed by atoms with Crippen LogP contribution in [0.4, 0.5) is 0 Å². The molecule has 1 N–H and O–H groups in total. The molecule has 78 valence electrons. The van der Waals surface area contributed by atoms with Crippen LogP contribution in [0.3, 0.4) is 0 Å². The number of aromatic carboxylic acids is 1. The Balaban J connectivity index is 3.19. The van der Waals surface area contributed by atoms with Crippen LogP contribution in [0.5, 0.6) is 0 Å². The Hall–Kier alpha value is -1.97. The van der Waals surface area contributed by atoms with Gasteiger partial charge in [-0.2, -0.15) is 0 Å². The number of carbonyl (C=O) groups is 3. The third-order valence-corrected chi connectivity index (χ3v) is 1.98. The normalized spacial score (nSPS) is 9.67. The average Bonchev–Trinajstić information content (AvgIpc) is 2.27. The van der Waals surface area contributed by atoms with Gasteiger partial charge in [0.2, 0.25) is 11.6 Å². The largest absolute Gasteiger partial charge is 0.478 e. The Morgan fingerprint density at radius 2 is 1.67 bits per heavy atom. The molecule has 0 amide bonds. The topological polar surface area (TPSA) is 71.4 Å². The highest BCUT2D eigenvalue weighted by molar-refractivity contribution is 6.44. The minimum absolute atomic E-state index is 0.0446. The van der Waals surface area contributed by atoms with Crippen LogP contribution in [0.1, 0.15) is 34.1 Å². The van der Waals surface area contributed by atoms with Gasteiger partial charge in [-0.05, 0) is 6.07 Å². The lowest BCUT2D eigenvalue weighted by Crippen LogP contribution is -2.16. The Morgan fingerprint density at radius 1 is 1.13 bits per heavy atom. The summed E-state index contributed by atoms with van der Waals surface area (Å²) in [6, 6.07) is 5.69. The molecule has 0 bridgehead atoms. The van der Waals surface area contributed by atoms with Gasteiger partial charge < -0.3 is 5.11 Å². The predicted octanol–water partition coefficient (Wildman–Crippen LogP) is 1.55. The summed E-state index contributed by atoms with van der Waals surface area (Å²) in [5.41, 5.74) is -0.179. The minimum atomic E-state index is -1.21. The van der Waals surface area contributed by atoms with Gasteiger partial charge in [-0.25, -0.2) is 4.79 Å².